The average Bonchev–Trinajstić information content (AvgIpc) is 2.72. The Kier molecular flexibility index (Phi) is 4.06. The highest BCUT2D eigenvalue weighted by molar-refractivity contribution is 8.13. The van der Waals surface area contributed by atoms with Crippen LogP contribution < -0.4 is 4.74 Å². The smallest absolute Gasteiger partial charge is 0.265 e. The number of halogens is 1. The van der Waals surface area contributed by atoms with Gasteiger partial charge in [-0.25, -0.2) is 13.4 Å². The highest BCUT2D eigenvalue weighted by atomic mass is 35.7. The Morgan fingerprint density at radius 3 is 2.60 bits per heavy atom. The summed E-state index contributed by atoms with van der Waals surface area (Å²) in [6.07, 6.45) is 3.44. The summed E-state index contributed by atoms with van der Waals surface area (Å²) in [6, 6.07) is 3.35. The van der Waals surface area contributed by atoms with Crippen molar-refractivity contribution in [3.8, 4) is 5.75 Å². The number of aryl methyl sites for hydroxylation is 3. The SMILES string of the molecule is Cc1cc(C)c(OCc2nccn2C)c(S(=O)(=O)Cl)c1. The lowest BCUT2D eigenvalue weighted by Crippen LogP contribution is -2.07. The summed E-state index contributed by atoms with van der Waals surface area (Å²) in [5, 5.41) is 0. The lowest BCUT2D eigenvalue weighted by molar-refractivity contribution is 0.282. The van der Waals surface area contributed by atoms with Gasteiger partial charge in [0.25, 0.3) is 9.05 Å². The molecule has 2 aromatic rings. The monoisotopic (exact) mass is 314 g/mol. The van der Waals surface area contributed by atoms with Gasteiger partial charge in [-0.2, -0.15) is 0 Å². The molecule has 0 spiro atoms. The van der Waals surface area contributed by atoms with Gasteiger partial charge < -0.3 is 9.30 Å². The molecule has 7 heteroatoms. The molecule has 0 atom stereocenters. The summed E-state index contributed by atoms with van der Waals surface area (Å²) in [7, 11) is 3.45. The molecule has 1 aromatic heterocycles. The highest BCUT2D eigenvalue weighted by Crippen LogP contribution is 2.32. The molecule has 5 nitrogen and oxygen atoms in total. The summed E-state index contributed by atoms with van der Waals surface area (Å²) < 4.78 is 30.7. The van der Waals surface area contributed by atoms with Gasteiger partial charge in [0.2, 0.25) is 0 Å². The maximum absolute atomic E-state index is 11.7. The molecule has 0 aliphatic rings. The van der Waals surface area contributed by atoms with Crippen LogP contribution in [0.5, 0.6) is 5.75 Å². The number of ether oxygens (including phenoxy) is 1. The molecule has 0 saturated carbocycles. The zero-order valence-electron chi connectivity index (χ0n) is 11.4. The van der Waals surface area contributed by atoms with Gasteiger partial charge in [-0.1, -0.05) is 6.07 Å². The Morgan fingerprint density at radius 1 is 1.35 bits per heavy atom. The average molecular weight is 315 g/mol. The van der Waals surface area contributed by atoms with Crippen LogP contribution in [0.1, 0.15) is 17.0 Å². The van der Waals surface area contributed by atoms with Crippen molar-refractivity contribution in [1.82, 2.24) is 9.55 Å². The molecular formula is C13H15ClN2O3S. The minimum atomic E-state index is -3.86. The van der Waals surface area contributed by atoms with E-state index < -0.39 is 9.05 Å². The predicted octanol–water partition coefficient (Wildman–Crippen LogP) is 2.54. The minimum absolute atomic E-state index is 0.00845. The van der Waals surface area contributed by atoms with E-state index in [-0.39, 0.29) is 17.3 Å². The molecule has 0 aliphatic carbocycles. The van der Waals surface area contributed by atoms with Crippen molar-refractivity contribution < 1.29 is 13.2 Å². The van der Waals surface area contributed by atoms with Gasteiger partial charge >= 0.3 is 0 Å². The van der Waals surface area contributed by atoms with Crippen LogP contribution >= 0.6 is 10.7 Å². The number of hydrogen-bond acceptors (Lipinski definition) is 4. The summed E-state index contributed by atoms with van der Waals surface area (Å²) in [6.45, 7) is 3.76. The lowest BCUT2D eigenvalue weighted by atomic mass is 10.1. The Balaban J connectivity index is 2.38. The number of benzene rings is 1. The third-order valence-corrected chi connectivity index (χ3v) is 4.24. The molecule has 0 fully saturated rings. The third kappa shape index (κ3) is 3.13. The molecule has 0 radical (unpaired) electrons. The van der Waals surface area contributed by atoms with Gasteiger partial charge in [0.05, 0.1) is 0 Å². The molecule has 1 heterocycles. The molecule has 0 bridgehead atoms. The quantitative estimate of drug-likeness (QED) is 0.814. The normalized spacial score (nSPS) is 11.6. The molecule has 2 rings (SSSR count). The fourth-order valence-electron chi connectivity index (χ4n) is 1.95. The molecular weight excluding hydrogens is 300 g/mol. The Bertz CT molecular complexity index is 738. The van der Waals surface area contributed by atoms with E-state index in [1.54, 1.807) is 30.8 Å². The second-order valence-electron chi connectivity index (χ2n) is 4.59. The summed E-state index contributed by atoms with van der Waals surface area (Å²) in [5.74, 6) is 0.969. The first kappa shape index (κ1) is 14.9. The van der Waals surface area contributed by atoms with E-state index in [1.807, 2.05) is 13.1 Å². The van der Waals surface area contributed by atoms with Crippen molar-refractivity contribution in [1.29, 1.82) is 0 Å². The number of hydrogen-bond donors (Lipinski definition) is 0. The zero-order chi connectivity index (χ0) is 14.9. The van der Waals surface area contributed by atoms with Crippen molar-refractivity contribution in [2.24, 2.45) is 7.05 Å². The Hall–Kier alpha value is -1.53. The first-order chi connectivity index (χ1) is 9.29. The Morgan fingerprint density at radius 2 is 2.05 bits per heavy atom. The van der Waals surface area contributed by atoms with Crippen LogP contribution in [0, 0.1) is 13.8 Å². The van der Waals surface area contributed by atoms with Crippen molar-refractivity contribution in [3.05, 3.63) is 41.5 Å². The summed E-state index contributed by atoms with van der Waals surface area (Å²) in [4.78, 5) is 4.12. The maximum atomic E-state index is 11.7. The van der Waals surface area contributed by atoms with E-state index in [4.69, 9.17) is 15.4 Å². The van der Waals surface area contributed by atoms with Crippen LogP contribution in [-0.2, 0) is 22.7 Å². The van der Waals surface area contributed by atoms with Crippen molar-refractivity contribution in [2.75, 3.05) is 0 Å². The molecule has 0 N–H and O–H groups in total. The van der Waals surface area contributed by atoms with Gasteiger partial charge in [0, 0.05) is 30.1 Å². The van der Waals surface area contributed by atoms with E-state index >= 15 is 0 Å². The van der Waals surface area contributed by atoms with E-state index in [0.717, 1.165) is 11.1 Å². The van der Waals surface area contributed by atoms with Gasteiger partial charge in [0.1, 0.15) is 23.1 Å². The fourth-order valence-corrected chi connectivity index (χ4v) is 3.07. The fraction of sp³-hybridized carbons (Fsp3) is 0.308. The largest absolute Gasteiger partial charge is 0.484 e. The highest BCUT2D eigenvalue weighted by Gasteiger charge is 2.20. The van der Waals surface area contributed by atoms with Crippen LogP contribution in [0.15, 0.2) is 29.4 Å². The Labute approximate surface area is 122 Å². The molecule has 0 saturated heterocycles. The van der Waals surface area contributed by atoms with Crippen LogP contribution in [0.2, 0.25) is 0 Å². The van der Waals surface area contributed by atoms with E-state index in [1.165, 1.54) is 6.07 Å². The summed E-state index contributed by atoms with van der Waals surface area (Å²) >= 11 is 0. The third-order valence-electron chi connectivity index (χ3n) is 2.91. The van der Waals surface area contributed by atoms with Crippen LogP contribution in [0.25, 0.3) is 0 Å². The first-order valence-corrected chi connectivity index (χ1v) is 8.25. The molecule has 0 amide bonds. The minimum Gasteiger partial charge on any atom is -0.484 e. The van der Waals surface area contributed by atoms with E-state index in [0.29, 0.717) is 5.82 Å². The number of aromatic nitrogens is 2. The second kappa shape index (κ2) is 5.46. The molecule has 1 aromatic carbocycles. The lowest BCUT2D eigenvalue weighted by Gasteiger charge is -2.13. The number of imidazole rings is 1. The summed E-state index contributed by atoms with van der Waals surface area (Å²) in [5.41, 5.74) is 1.53. The maximum Gasteiger partial charge on any atom is 0.265 e. The molecule has 0 aliphatic heterocycles. The van der Waals surface area contributed by atoms with Crippen LogP contribution in [0.3, 0.4) is 0 Å². The molecule has 0 unspecified atom stereocenters. The van der Waals surface area contributed by atoms with Gasteiger partial charge in [-0.05, 0) is 31.0 Å². The van der Waals surface area contributed by atoms with Crippen LogP contribution in [-0.4, -0.2) is 18.0 Å². The first-order valence-electron chi connectivity index (χ1n) is 5.94. The predicted molar refractivity (Wildman–Crippen MR) is 76.5 cm³/mol. The van der Waals surface area contributed by atoms with Gasteiger partial charge in [-0.3, -0.25) is 0 Å². The number of nitrogens with zero attached hydrogens (tertiary/aromatic N) is 2. The molecule has 20 heavy (non-hydrogen) atoms. The van der Waals surface area contributed by atoms with E-state index in [2.05, 4.69) is 4.98 Å². The zero-order valence-corrected chi connectivity index (χ0v) is 13.0. The van der Waals surface area contributed by atoms with Crippen molar-refractivity contribution >= 4 is 19.7 Å². The van der Waals surface area contributed by atoms with E-state index in [9.17, 15) is 8.42 Å². The number of rotatable bonds is 4. The van der Waals surface area contributed by atoms with Crippen molar-refractivity contribution in [3.63, 3.8) is 0 Å². The standard InChI is InChI=1S/C13H15ClN2O3S/c1-9-6-10(2)13(11(7-9)20(14,17)18)19-8-12-15-4-5-16(12)3/h4-7H,8H2,1-3H3. The van der Waals surface area contributed by atoms with Gasteiger partial charge in [0.15, 0.2) is 0 Å². The second-order valence-corrected chi connectivity index (χ2v) is 7.12. The molecule has 108 valence electrons. The van der Waals surface area contributed by atoms with Crippen molar-refractivity contribution in [2.45, 2.75) is 25.3 Å². The van der Waals surface area contributed by atoms with Gasteiger partial charge in [-0.15, -0.1) is 0 Å². The van der Waals surface area contributed by atoms with Crippen LogP contribution in [0.4, 0.5) is 0 Å². The topological polar surface area (TPSA) is 61.2 Å².